The molecule has 2 aromatic carbocycles. The van der Waals surface area contributed by atoms with Crippen LogP contribution in [0.2, 0.25) is 10.0 Å². The second-order valence-corrected chi connectivity index (χ2v) is 7.83. The first-order chi connectivity index (χ1) is 13.7. The van der Waals surface area contributed by atoms with Crippen molar-refractivity contribution < 1.29 is 14.0 Å². The van der Waals surface area contributed by atoms with Gasteiger partial charge in [-0.05, 0) is 55.7 Å². The predicted octanol–water partition coefficient (Wildman–Crippen LogP) is 5.01. The highest BCUT2D eigenvalue weighted by Crippen LogP contribution is 2.26. The molecular weight excluding hydrogens is 414 g/mol. The maximum Gasteiger partial charge on any atom is 0.242 e. The van der Waals surface area contributed by atoms with Crippen molar-refractivity contribution in [3.8, 4) is 0 Å². The molecule has 0 bridgehead atoms. The number of hydrogen-bond donors (Lipinski definition) is 1. The maximum absolute atomic E-state index is 13.3. The van der Waals surface area contributed by atoms with Gasteiger partial charge in [-0.25, -0.2) is 4.39 Å². The summed E-state index contributed by atoms with van der Waals surface area (Å²) >= 11 is 12.4. The Balaban J connectivity index is 2.28. The van der Waals surface area contributed by atoms with E-state index in [1.165, 1.54) is 17.0 Å². The highest BCUT2D eigenvalue weighted by molar-refractivity contribution is 6.36. The molecule has 1 N–H and O–H groups in total. The van der Waals surface area contributed by atoms with Crippen molar-refractivity contribution in [2.45, 2.75) is 52.2 Å². The summed E-state index contributed by atoms with van der Waals surface area (Å²) in [6.07, 6.45) is 0.736. The van der Waals surface area contributed by atoms with Crippen LogP contribution in [0.25, 0.3) is 0 Å². The van der Waals surface area contributed by atoms with Gasteiger partial charge in [-0.1, -0.05) is 48.3 Å². The molecule has 0 radical (unpaired) electrons. The van der Waals surface area contributed by atoms with E-state index in [1.54, 1.807) is 37.3 Å². The van der Waals surface area contributed by atoms with Gasteiger partial charge < -0.3 is 10.2 Å². The second-order valence-electron chi connectivity index (χ2n) is 7.02. The minimum Gasteiger partial charge on any atom is -0.352 e. The minimum absolute atomic E-state index is 0.00858. The smallest absolute Gasteiger partial charge is 0.242 e. The Morgan fingerprint density at radius 2 is 1.66 bits per heavy atom. The zero-order valence-electron chi connectivity index (χ0n) is 16.7. The fourth-order valence-corrected chi connectivity index (χ4v) is 3.32. The Morgan fingerprint density at radius 1 is 1.07 bits per heavy atom. The summed E-state index contributed by atoms with van der Waals surface area (Å²) in [6, 6.07) is 10.2. The third-order valence-corrected chi connectivity index (χ3v) is 5.53. The van der Waals surface area contributed by atoms with Crippen molar-refractivity contribution in [3.05, 3.63) is 69.5 Å². The van der Waals surface area contributed by atoms with Crippen molar-refractivity contribution in [1.82, 2.24) is 10.2 Å². The first-order valence-electron chi connectivity index (χ1n) is 9.50. The van der Waals surface area contributed by atoms with Crippen LogP contribution in [0.4, 0.5) is 4.39 Å². The number of rotatable bonds is 8. The van der Waals surface area contributed by atoms with E-state index in [0.29, 0.717) is 21.2 Å². The summed E-state index contributed by atoms with van der Waals surface area (Å²) in [5.74, 6) is -0.909. The normalized spacial score (nSPS) is 12.9. The zero-order valence-corrected chi connectivity index (χ0v) is 18.2. The molecule has 2 aromatic rings. The third-order valence-electron chi connectivity index (χ3n) is 4.82. The van der Waals surface area contributed by atoms with Crippen LogP contribution in [0.3, 0.4) is 0 Å². The van der Waals surface area contributed by atoms with Crippen molar-refractivity contribution in [2.24, 2.45) is 0 Å². The van der Waals surface area contributed by atoms with Gasteiger partial charge in [0.25, 0.3) is 0 Å². The lowest BCUT2D eigenvalue weighted by Crippen LogP contribution is -2.49. The third kappa shape index (κ3) is 6.44. The molecule has 0 heterocycles. The summed E-state index contributed by atoms with van der Waals surface area (Å²) in [5.41, 5.74) is 1.23. The second kappa shape index (κ2) is 10.6. The van der Waals surface area contributed by atoms with Gasteiger partial charge in [0.05, 0.1) is 6.42 Å². The van der Waals surface area contributed by atoms with E-state index in [2.05, 4.69) is 5.32 Å². The number of benzene rings is 2. The fraction of sp³-hybridized carbons (Fsp3) is 0.364. The number of halogens is 3. The standard InChI is InChI=1S/C22H25Cl2FN2O2/c1-4-14(2)26-22(29)15(3)27(13-16-8-10-17(25)11-9-16)21(28)12-18-19(23)6-5-7-20(18)24/h5-11,14-15H,4,12-13H2,1-3H3,(H,26,29). The van der Waals surface area contributed by atoms with Gasteiger partial charge in [0, 0.05) is 22.6 Å². The number of carbonyl (C=O) groups excluding carboxylic acids is 2. The number of nitrogens with zero attached hydrogens (tertiary/aromatic N) is 1. The van der Waals surface area contributed by atoms with Crippen LogP contribution in [0, 0.1) is 5.82 Å². The van der Waals surface area contributed by atoms with E-state index in [1.807, 2.05) is 13.8 Å². The molecule has 0 aromatic heterocycles. The van der Waals surface area contributed by atoms with Gasteiger partial charge in [-0.3, -0.25) is 9.59 Å². The molecule has 0 aliphatic heterocycles. The molecule has 7 heteroatoms. The quantitative estimate of drug-likeness (QED) is 0.629. The van der Waals surface area contributed by atoms with E-state index < -0.39 is 6.04 Å². The van der Waals surface area contributed by atoms with Crippen molar-refractivity contribution in [2.75, 3.05) is 0 Å². The van der Waals surface area contributed by atoms with E-state index >= 15 is 0 Å². The molecule has 0 fully saturated rings. The van der Waals surface area contributed by atoms with Crippen molar-refractivity contribution in [1.29, 1.82) is 0 Å². The SMILES string of the molecule is CCC(C)NC(=O)C(C)N(Cc1ccc(F)cc1)C(=O)Cc1c(Cl)cccc1Cl. The van der Waals surface area contributed by atoms with Crippen LogP contribution >= 0.6 is 23.2 Å². The Labute approximate surface area is 181 Å². The number of carbonyl (C=O) groups is 2. The fourth-order valence-electron chi connectivity index (χ4n) is 2.79. The molecule has 0 saturated carbocycles. The van der Waals surface area contributed by atoms with Gasteiger partial charge >= 0.3 is 0 Å². The van der Waals surface area contributed by atoms with E-state index in [0.717, 1.165) is 6.42 Å². The Hall–Kier alpha value is -2.11. The summed E-state index contributed by atoms with van der Waals surface area (Å²) in [5, 5.41) is 3.69. The summed E-state index contributed by atoms with van der Waals surface area (Å²) < 4.78 is 13.3. The lowest BCUT2D eigenvalue weighted by atomic mass is 10.1. The molecule has 0 aliphatic carbocycles. The van der Waals surface area contributed by atoms with E-state index in [9.17, 15) is 14.0 Å². The zero-order chi connectivity index (χ0) is 21.6. The molecule has 0 aliphatic rings. The van der Waals surface area contributed by atoms with Gasteiger partial charge in [0.1, 0.15) is 11.9 Å². The largest absolute Gasteiger partial charge is 0.352 e. The molecule has 29 heavy (non-hydrogen) atoms. The molecule has 2 amide bonds. The van der Waals surface area contributed by atoms with Gasteiger partial charge in [-0.2, -0.15) is 0 Å². The molecule has 156 valence electrons. The van der Waals surface area contributed by atoms with Crippen LogP contribution in [0.15, 0.2) is 42.5 Å². The summed E-state index contributed by atoms with van der Waals surface area (Å²) in [4.78, 5) is 27.3. The van der Waals surface area contributed by atoms with Crippen LogP contribution < -0.4 is 5.32 Å². The number of nitrogens with one attached hydrogen (secondary N) is 1. The van der Waals surface area contributed by atoms with E-state index in [4.69, 9.17) is 23.2 Å². The average molecular weight is 439 g/mol. The Bertz CT molecular complexity index is 838. The molecule has 4 nitrogen and oxygen atoms in total. The Morgan fingerprint density at radius 3 is 2.21 bits per heavy atom. The molecule has 2 atom stereocenters. The molecule has 2 rings (SSSR count). The van der Waals surface area contributed by atoms with Gasteiger partial charge in [0.2, 0.25) is 11.8 Å². The monoisotopic (exact) mass is 438 g/mol. The Kier molecular flexibility index (Phi) is 8.47. The first-order valence-corrected chi connectivity index (χ1v) is 10.3. The maximum atomic E-state index is 13.3. The van der Waals surface area contributed by atoms with Crippen LogP contribution in [-0.2, 0) is 22.6 Å². The van der Waals surface area contributed by atoms with Crippen molar-refractivity contribution in [3.63, 3.8) is 0 Å². The van der Waals surface area contributed by atoms with Crippen LogP contribution in [0.5, 0.6) is 0 Å². The van der Waals surface area contributed by atoms with Crippen molar-refractivity contribution >= 4 is 35.0 Å². The topological polar surface area (TPSA) is 49.4 Å². The predicted molar refractivity (Wildman–Crippen MR) is 114 cm³/mol. The van der Waals surface area contributed by atoms with Crippen LogP contribution in [0.1, 0.15) is 38.3 Å². The van der Waals surface area contributed by atoms with Crippen LogP contribution in [-0.4, -0.2) is 28.8 Å². The van der Waals surface area contributed by atoms with Gasteiger partial charge in [0.15, 0.2) is 0 Å². The first kappa shape index (κ1) is 23.2. The number of amides is 2. The summed E-state index contributed by atoms with van der Waals surface area (Å²) in [7, 11) is 0. The highest BCUT2D eigenvalue weighted by Gasteiger charge is 2.27. The van der Waals surface area contributed by atoms with Gasteiger partial charge in [-0.15, -0.1) is 0 Å². The number of hydrogen-bond acceptors (Lipinski definition) is 2. The van der Waals surface area contributed by atoms with E-state index in [-0.39, 0.29) is 36.6 Å². The average Bonchev–Trinajstić information content (AvgIpc) is 2.69. The molecular formula is C22H25Cl2FN2O2. The molecule has 2 unspecified atom stereocenters. The lowest BCUT2D eigenvalue weighted by Gasteiger charge is -2.30. The molecule has 0 spiro atoms. The lowest BCUT2D eigenvalue weighted by molar-refractivity contribution is -0.140. The highest BCUT2D eigenvalue weighted by atomic mass is 35.5. The summed E-state index contributed by atoms with van der Waals surface area (Å²) in [6.45, 7) is 5.71. The molecule has 0 saturated heterocycles. The minimum atomic E-state index is -0.720.